The summed E-state index contributed by atoms with van der Waals surface area (Å²) >= 11 is 0. The second kappa shape index (κ2) is 9.12. The summed E-state index contributed by atoms with van der Waals surface area (Å²) in [6.07, 6.45) is -1.65. The van der Waals surface area contributed by atoms with Crippen molar-refractivity contribution in [1.29, 1.82) is 0 Å². The number of carbonyl (C=O) groups is 1. The summed E-state index contributed by atoms with van der Waals surface area (Å²) in [5.74, 6) is 0.312. The molecule has 1 aliphatic heterocycles. The van der Waals surface area contributed by atoms with Gasteiger partial charge in [-0.05, 0) is 30.7 Å². The van der Waals surface area contributed by atoms with E-state index in [0.717, 1.165) is 11.6 Å². The second-order valence-electron chi connectivity index (χ2n) is 6.97. The second-order valence-corrected chi connectivity index (χ2v) is 6.97. The minimum absolute atomic E-state index is 0.0757. The molecule has 2 heterocycles. The van der Waals surface area contributed by atoms with E-state index in [9.17, 15) is 20.0 Å². The quantitative estimate of drug-likeness (QED) is 0.304. The third-order valence-electron chi connectivity index (χ3n) is 4.99. The first-order valence-electron chi connectivity index (χ1n) is 9.92. The van der Waals surface area contributed by atoms with Crippen molar-refractivity contribution in [2.75, 3.05) is 20.5 Å². The van der Waals surface area contributed by atoms with E-state index in [-0.39, 0.29) is 48.4 Å². The van der Waals surface area contributed by atoms with Crippen LogP contribution in [0.5, 0.6) is 17.2 Å². The SMILES string of the molecule is CCOC(=O)c1c(C(O)c2cc3c(cc2[N+](=O)[O-])OCO3)nnn1Cc1ccc(OC)cc1. The zero-order chi connectivity index (χ0) is 23.5. The first kappa shape index (κ1) is 22.0. The molecule has 0 saturated carbocycles. The summed E-state index contributed by atoms with van der Waals surface area (Å²) < 4.78 is 22.0. The van der Waals surface area contributed by atoms with E-state index < -0.39 is 22.7 Å². The van der Waals surface area contributed by atoms with Gasteiger partial charge in [-0.1, -0.05) is 17.3 Å². The fourth-order valence-corrected chi connectivity index (χ4v) is 3.41. The number of rotatable bonds is 8. The van der Waals surface area contributed by atoms with Gasteiger partial charge in [-0.3, -0.25) is 10.1 Å². The summed E-state index contributed by atoms with van der Waals surface area (Å²) in [4.78, 5) is 23.7. The van der Waals surface area contributed by atoms with Crippen LogP contribution in [-0.4, -0.2) is 51.5 Å². The van der Waals surface area contributed by atoms with Crippen LogP contribution in [0.4, 0.5) is 5.69 Å². The fraction of sp³-hybridized carbons (Fsp3) is 0.286. The Balaban J connectivity index is 1.76. The molecule has 1 unspecified atom stereocenters. The van der Waals surface area contributed by atoms with Crippen molar-refractivity contribution in [3.63, 3.8) is 0 Å². The highest BCUT2D eigenvalue weighted by atomic mass is 16.7. The average Bonchev–Trinajstić information content (AvgIpc) is 3.45. The number of ether oxygens (including phenoxy) is 4. The number of nitro benzene ring substituents is 1. The molecule has 0 bridgehead atoms. The van der Waals surface area contributed by atoms with E-state index in [4.69, 9.17) is 18.9 Å². The molecule has 2 aromatic carbocycles. The average molecular weight is 456 g/mol. The zero-order valence-corrected chi connectivity index (χ0v) is 17.8. The lowest BCUT2D eigenvalue weighted by Gasteiger charge is -2.13. The molecule has 0 saturated heterocycles. The highest BCUT2D eigenvalue weighted by molar-refractivity contribution is 5.89. The molecule has 1 aromatic heterocycles. The number of methoxy groups -OCH3 is 1. The highest BCUT2D eigenvalue weighted by Gasteiger charge is 2.33. The van der Waals surface area contributed by atoms with E-state index in [1.165, 1.54) is 10.7 Å². The first-order chi connectivity index (χ1) is 15.9. The van der Waals surface area contributed by atoms with Crippen LogP contribution in [-0.2, 0) is 11.3 Å². The van der Waals surface area contributed by atoms with Gasteiger partial charge in [0.25, 0.3) is 5.69 Å². The Morgan fingerprint density at radius 1 is 1.27 bits per heavy atom. The number of fused-ring (bicyclic) bond motifs is 1. The molecule has 1 atom stereocenters. The van der Waals surface area contributed by atoms with Crippen LogP contribution >= 0.6 is 0 Å². The standard InChI is InChI=1S/C21H20N4O8/c1-3-31-21(27)19-18(22-23-24(19)10-12-4-6-13(30-2)7-5-12)20(26)14-8-16-17(33-11-32-16)9-15(14)25(28)29/h4-9,20,26H,3,10-11H2,1-2H3. The predicted octanol–water partition coefficient (Wildman–Crippen LogP) is 2.23. The van der Waals surface area contributed by atoms with Crippen LogP contribution in [0.3, 0.4) is 0 Å². The zero-order valence-electron chi connectivity index (χ0n) is 17.8. The van der Waals surface area contributed by atoms with E-state index >= 15 is 0 Å². The lowest BCUT2D eigenvalue weighted by atomic mass is 10.0. The van der Waals surface area contributed by atoms with E-state index in [2.05, 4.69) is 10.3 Å². The summed E-state index contributed by atoms with van der Waals surface area (Å²) in [6, 6.07) is 9.53. The van der Waals surface area contributed by atoms with Crippen molar-refractivity contribution in [2.45, 2.75) is 19.6 Å². The minimum atomic E-state index is -1.65. The number of aromatic nitrogens is 3. The van der Waals surface area contributed by atoms with Gasteiger partial charge in [0.05, 0.1) is 36.8 Å². The molecule has 3 aromatic rings. The normalized spacial score (nSPS) is 12.9. The van der Waals surface area contributed by atoms with Crippen LogP contribution < -0.4 is 14.2 Å². The third-order valence-corrected chi connectivity index (χ3v) is 4.99. The lowest BCUT2D eigenvalue weighted by Crippen LogP contribution is -2.17. The number of aliphatic hydroxyl groups is 1. The van der Waals surface area contributed by atoms with Crippen LogP contribution in [0.1, 0.15) is 40.3 Å². The monoisotopic (exact) mass is 456 g/mol. The molecule has 0 amide bonds. The maximum Gasteiger partial charge on any atom is 0.358 e. The Bertz CT molecular complexity index is 1190. The fourth-order valence-electron chi connectivity index (χ4n) is 3.41. The van der Waals surface area contributed by atoms with Gasteiger partial charge in [0.1, 0.15) is 17.5 Å². The van der Waals surface area contributed by atoms with Crippen molar-refractivity contribution in [1.82, 2.24) is 15.0 Å². The molecule has 172 valence electrons. The Morgan fingerprint density at radius 3 is 2.61 bits per heavy atom. The molecule has 33 heavy (non-hydrogen) atoms. The van der Waals surface area contributed by atoms with Crippen molar-refractivity contribution < 1.29 is 33.8 Å². The van der Waals surface area contributed by atoms with Gasteiger partial charge < -0.3 is 24.1 Å². The van der Waals surface area contributed by atoms with Gasteiger partial charge in [0.2, 0.25) is 6.79 Å². The molecule has 1 aliphatic rings. The van der Waals surface area contributed by atoms with Gasteiger partial charge in [-0.25, -0.2) is 9.48 Å². The molecule has 0 aliphatic carbocycles. The summed E-state index contributed by atoms with van der Waals surface area (Å²) in [5, 5.41) is 30.7. The molecule has 12 nitrogen and oxygen atoms in total. The van der Waals surface area contributed by atoms with Crippen molar-refractivity contribution in [3.05, 3.63) is 69.0 Å². The van der Waals surface area contributed by atoms with Gasteiger partial charge in [-0.2, -0.15) is 0 Å². The number of nitrogens with zero attached hydrogens (tertiary/aromatic N) is 4. The maximum absolute atomic E-state index is 12.7. The Labute approximate surface area is 187 Å². The minimum Gasteiger partial charge on any atom is -0.497 e. The van der Waals surface area contributed by atoms with Crippen LogP contribution in [0.15, 0.2) is 36.4 Å². The number of hydrogen-bond acceptors (Lipinski definition) is 10. The Hall–Kier alpha value is -4.19. The van der Waals surface area contributed by atoms with Crippen LogP contribution in [0, 0.1) is 10.1 Å². The maximum atomic E-state index is 12.7. The van der Waals surface area contributed by atoms with Crippen LogP contribution in [0.25, 0.3) is 0 Å². The molecule has 12 heteroatoms. The predicted molar refractivity (Wildman–Crippen MR) is 111 cm³/mol. The van der Waals surface area contributed by atoms with E-state index in [1.807, 2.05) is 0 Å². The van der Waals surface area contributed by atoms with E-state index in [1.54, 1.807) is 38.3 Å². The third kappa shape index (κ3) is 4.28. The molecule has 0 spiro atoms. The molecule has 4 rings (SSSR count). The van der Waals surface area contributed by atoms with Crippen LogP contribution in [0.2, 0.25) is 0 Å². The lowest BCUT2D eigenvalue weighted by molar-refractivity contribution is -0.386. The van der Waals surface area contributed by atoms with E-state index in [0.29, 0.717) is 5.75 Å². The van der Waals surface area contributed by atoms with Gasteiger partial charge >= 0.3 is 5.97 Å². The largest absolute Gasteiger partial charge is 0.497 e. The highest BCUT2D eigenvalue weighted by Crippen LogP contribution is 2.41. The number of hydrogen-bond donors (Lipinski definition) is 1. The number of esters is 1. The molecular weight excluding hydrogens is 436 g/mol. The van der Waals surface area contributed by atoms with Crippen molar-refractivity contribution in [2.24, 2.45) is 0 Å². The Morgan fingerprint density at radius 2 is 1.97 bits per heavy atom. The number of benzene rings is 2. The van der Waals surface area contributed by atoms with Gasteiger partial charge in [-0.15, -0.1) is 5.10 Å². The molecule has 1 N–H and O–H groups in total. The smallest absolute Gasteiger partial charge is 0.358 e. The first-order valence-corrected chi connectivity index (χ1v) is 9.92. The number of carbonyl (C=O) groups excluding carboxylic acids is 1. The molecule has 0 fully saturated rings. The summed E-state index contributed by atoms with van der Waals surface area (Å²) in [6.45, 7) is 1.75. The van der Waals surface area contributed by atoms with Gasteiger partial charge in [0, 0.05) is 0 Å². The van der Waals surface area contributed by atoms with Crippen molar-refractivity contribution >= 4 is 11.7 Å². The summed E-state index contributed by atoms with van der Waals surface area (Å²) in [7, 11) is 1.55. The Kier molecular flexibility index (Phi) is 6.09. The molecule has 0 radical (unpaired) electrons. The topological polar surface area (TPSA) is 148 Å². The molecular formula is C21H20N4O8. The number of nitro groups is 1. The number of aliphatic hydroxyl groups excluding tert-OH is 1. The van der Waals surface area contributed by atoms with Gasteiger partial charge in [0.15, 0.2) is 17.2 Å². The van der Waals surface area contributed by atoms with Crippen molar-refractivity contribution in [3.8, 4) is 17.2 Å². The summed E-state index contributed by atoms with van der Waals surface area (Å²) in [5.41, 5.74) is -0.0463.